The zero-order valence-electron chi connectivity index (χ0n) is 31.1. The third-order valence-corrected chi connectivity index (χ3v) is 12.0. The van der Waals surface area contributed by atoms with Gasteiger partial charge in [0, 0.05) is 39.3 Å². The van der Waals surface area contributed by atoms with Crippen molar-refractivity contribution < 1.29 is 28.4 Å². The van der Waals surface area contributed by atoms with Crippen molar-refractivity contribution >= 4 is 21.5 Å². The van der Waals surface area contributed by atoms with E-state index in [-0.39, 0.29) is 48.8 Å². The minimum atomic E-state index is -0.712. The average molecular weight is 735 g/mol. The van der Waals surface area contributed by atoms with E-state index < -0.39 is 11.6 Å². The van der Waals surface area contributed by atoms with Crippen LogP contribution >= 0.6 is 0 Å². The van der Waals surface area contributed by atoms with Gasteiger partial charge in [0.2, 0.25) is 0 Å². The molecule has 0 aliphatic carbocycles. The van der Waals surface area contributed by atoms with E-state index in [4.69, 9.17) is 49.0 Å². The lowest BCUT2D eigenvalue weighted by Crippen LogP contribution is -2.46. The molecular weight excluding hydrogens is 688 g/mol. The lowest BCUT2D eigenvalue weighted by molar-refractivity contribution is -0.200. The molecular formula is C40H46N8O6. The first kappa shape index (κ1) is 33.5. The van der Waals surface area contributed by atoms with Crippen molar-refractivity contribution in [3.63, 3.8) is 0 Å². The van der Waals surface area contributed by atoms with Crippen molar-refractivity contribution in [2.75, 3.05) is 26.2 Å². The van der Waals surface area contributed by atoms with E-state index in [1.165, 1.54) is 32.7 Å². The SMILES string of the molecule is CC1(C)OC2C(O1)[C@H]1CN3Cc4cn(nn4)Cc4c5ccccc5c(c5ccccc45)Cn4cc(nn4)CN(C[C@@H]2O1)C[C@H]1O[C@@H](C3)C2OC(C)(C)OC21. The highest BCUT2D eigenvalue weighted by atomic mass is 16.8. The van der Waals surface area contributed by atoms with Crippen LogP contribution in [-0.4, -0.2) is 126 Å². The molecule has 5 aromatic rings. The van der Waals surface area contributed by atoms with Crippen LogP contribution < -0.4 is 0 Å². The second-order valence-corrected chi connectivity index (χ2v) is 16.8. The lowest BCUT2D eigenvalue weighted by Gasteiger charge is -2.34. The third-order valence-electron chi connectivity index (χ3n) is 12.0. The Labute approximate surface area is 313 Å². The van der Waals surface area contributed by atoms with Crippen molar-refractivity contribution in [1.29, 1.82) is 0 Å². The summed E-state index contributed by atoms with van der Waals surface area (Å²) in [6, 6.07) is 17.3. The van der Waals surface area contributed by atoms with Gasteiger partial charge in [-0.25, -0.2) is 9.36 Å². The molecule has 0 N–H and O–H groups in total. The Morgan fingerprint density at radius 2 is 0.833 bits per heavy atom. The van der Waals surface area contributed by atoms with Gasteiger partial charge in [-0.05, 0) is 60.4 Å². The van der Waals surface area contributed by atoms with Crippen LogP contribution in [0.25, 0.3) is 21.5 Å². The lowest BCUT2D eigenvalue weighted by atomic mass is 9.91. The fourth-order valence-electron chi connectivity index (χ4n) is 9.96. The van der Waals surface area contributed by atoms with E-state index in [0.717, 1.165) is 11.4 Å². The molecule has 7 aliphatic heterocycles. The second kappa shape index (κ2) is 12.3. The molecule has 9 heterocycles. The number of aromatic nitrogens is 6. The number of benzene rings is 3. The molecule has 0 radical (unpaired) electrons. The van der Waals surface area contributed by atoms with Crippen LogP contribution in [0.5, 0.6) is 0 Å². The van der Waals surface area contributed by atoms with Crippen LogP contribution in [0.2, 0.25) is 0 Å². The molecule has 3 aromatic carbocycles. The first-order valence-corrected chi connectivity index (χ1v) is 19.3. The molecule has 10 atom stereocenters. The number of fused-ring (bicyclic) bond motifs is 3. The molecule has 0 amide bonds. The summed E-state index contributed by atoms with van der Waals surface area (Å²) in [4.78, 5) is 4.73. The molecule has 2 aromatic heterocycles. The largest absolute Gasteiger partial charge is 0.367 e. The van der Waals surface area contributed by atoms with Crippen LogP contribution in [0, 0.1) is 0 Å². The van der Waals surface area contributed by atoms with E-state index in [2.05, 4.69) is 70.7 Å². The maximum atomic E-state index is 6.93. The molecule has 54 heavy (non-hydrogen) atoms. The van der Waals surface area contributed by atoms with Crippen LogP contribution in [-0.2, 0) is 54.6 Å². The van der Waals surface area contributed by atoms with E-state index >= 15 is 0 Å². The van der Waals surface area contributed by atoms with Crippen LogP contribution in [0.15, 0.2) is 60.9 Å². The van der Waals surface area contributed by atoms with Crippen LogP contribution in [0.3, 0.4) is 0 Å². The van der Waals surface area contributed by atoms with Gasteiger partial charge in [0.15, 0.2) is 11.6 Å². The minimum absolute atomic E-state index is 0.218. The van der Waals surface area contributed by atoms with Crippen molar-refractivity contribution in [3.05, 3.63) is 83.4 Å². The third kappa shape index (κ3) is 5.77. The standard InChI is InChI=1S/C40H46N8O6/c1-39(2)51-35-31-19-45-13-23-15-47(43-41-23)17-29-25-9-5-6-10-26(25)30(28-12-8-7-11-27(28)29)18-48-16-24(42-44-48)14-46(20-32(49-31)36(35)52-39)22-34-38-37(33(21-45)50-34)53-40(3,4)54-38/h5-12,15-16,31-38H,13-14,17-22H2,1-4H3/t31-,32+,33+,34-,35?,36?,37?,38?. The highest BCUT2D eigenvalue weighted by Crippen LogP contribution is 2.43. The van der Waals surface area contributed by atoms with Crippen LogP contribution in [0.4, 0.5) is 0 Å². The quantitative estimate of drug-likeness (QED) is 0.217. The van der Waals surface area contributed by atoms with Gasteiger partial charge >= 0.3 is 0 Å². The molecule has 0 saturated carbocycles. The first-order valence-electron chi connectivity index (χ1n) is 19.3. The topological polar surface area (TPSA) is 123 Å². The summed E-state index contributed by atoms with van der Waals surface area (Å²) < 4.78 is 44.1. The van der Waals surface area contributed by atoms with E-state index in [1.807, 2.05) is 37.1 Å². The minimum Gasteiger partial charge on any atom is -0.367 e. The Kier molecular flexibility index (Phi) is 7.64. The summed E-state index contributed by atoms with van der Waals surface area (Å²) in [6.45, 7) is 12.6. The van der Waals surface area contributed by atoms with E-state index in [0.29, 0.717) is 52.4 Å². The maximum absolute atomic E-state index is 6.93. The van der Waals surface area contributed by atoms with Crippen LogP contribution in [0.1, 0.15) is 50.2 Å². The Morgan fingerprint density at radius 3 is 1.17 bits per heavy atom. The van der Waals surface area contributed by atoms with Gasteiger partial charge in [0.1, 0.15) is 24.4 Å². The highest BCUT2D eigenvalue weighted by molar-refractivity contribution is 6.05. The normalized spacial score (nSPS) is 35.4. The van der Waals surface area contributed by atoms with Gasteiger partial charge in [-0.3, -0.25) is 9.80 Å². The number of ether oxygens (including phenoxy) is 6. The number of hydrogen-bond acceptors (Lipinski definition) is 12. The predicted molar refractivity (Wildman–Crippen MR) is 195 cm³/mol. The molecule has 0 spiro atoms. The summed E-state index contributed by atoms with van der Waals surface area (Å²) in [5.41, 5.74) is 4.16. The number of nitrogens with zero attached hydrogens (tertiary/aromatic N) is 8. The summed E-state index contributed by atoms with van der Waals surface area (Å²) in [5, 5.41) is 23.6. The van der Waals surface area contributed by atoms with Gasteiger partial charge in [-0.1, -0.05) is 59.0 Å². The van der Waals surface area contributed by atoms with E-state index in [1.54, 1.807) is 0 Å². The van der Waals surface area contributed by atoms with Crippen molar-refractivity contribution in [2.24, 2.45) is 0 Å². The summed E-state index contributed by atoms with van der Waals surface area (Å²) in [5.74, 6) is -1.42. The van der Waals surface area contributed by atoms with Gasteiger partial charge in [0.25, 0.3) is 0 Å². The summed E-state index contributed by atoms with van der Waals surface area (Å²) >= 11 is 0. The summed E-state index contributed by atoms with van der Waals surface area (Å²) in [6.07, 6.45) is 2.36. The molecule has 14 heteroatoms. The zero-order valence-corrected chi connectivity index (χ0v) is 31.1. The smallest absolute Gasteiger partial charge is 0.164 e. The monoisotopic (exact) mass is 734 g/mol. The summed E-state index contributed by atoms with van der Waals surface area (Å²) in [7, 11) is 0. The average Bonchev–Trinajstić information content (AvgIpc) is 3.98. The van der Waals surface area contributed by atoms with Crippen molar-refractivity contribution in [2.45, 2.75) is 114 Å². The molecule has 14 nitrogen and oxygen atoms in total. The maximum Gasteiger partial charge on any atom is 0.164 e. The molecule has 6 unspecified atom stereocenters. The molecule has 5 saturated heterocycles. The second-order valence-electron chi connectivity index (χ2n) is 16.8. The molecule has 282 valence electrons. The Hall–Kier alpha value is -3.86. The molecule has 7 aliphatic rings. The zero-order chi connectivity index (χ0) is 36.3. The van der Waals surface area contributed by atoms with Gasteiger partial charge < -0.3 is 28.4 Å². The van der Waals surface area contributed by atoms with Crippen molar-refractivity contribution in [1.82, 2.24) is 39.8 Å². The van der Waals surface area contributed by atoms with E-state index in [9.17, 15) is 0 Å². The highest BCUT2D eigenvalue weighted by Gasteiger charge is 2.58. The Bertz CT molecular complexity index is 1980. The Balaban J connectivity index is 1.05. The fourth-order valence-corrected chi connectivity index (χ4v) is 9.96. The molecule has 12 bridgehead atoms. The molecule has 5 fully saturated rings. The fraction of sp³-hybridized carbons (Fsp3) is 0.550. The van der Waals surface area contributed by atoms with Gasteiger partial charge in [-0.2, -0.15) is 0 Å². The van der Waals surface area contributed by atoms with Crippen molar-refractivity contribution in [3.8, 4) is 0 Å². The first-order chi connectivity index (χ1) is 26.1. The predicted octanol–water partition coefficient (Wildman–Crippen LogP) is 3.48. The Morgan fingerprint density at radius 1 is 0.500 bits per heavy atom. The number of rotatable bonds is 0. The van der Waals surface area contributed by atoms with Gasteiger partial charge in [-0.15, -0.1) is 10.2 Å². The molecule has 12 rings (SSSR count). The van der Waals surface area contributed by atoms with Gasteiger partial charge in [0.05, 0.1) is 61.3 Å². The number of hydrogen-bond donors (Lipinski definition) is 0.